The molecule has 0 unspecified atom stereocenters. The lowest BCUT2D eigenvalue weighted by atomic mass is 10.1. The van der Waals surface area contributed by atoms with Crippen LogP contribution in [-0.2, 0) is 11.3 Å². The third-order valence-corrected chi connectivity index (χ3v) is 3.50. The van der Waals surface area contributed by atoms with E-state index in [0.29, 0.717) is 12.2 Å². The molecule has 2 rings (SSSR count). The van der Waals surface area contributed by atoms with Gasteiger partial charge in [-0.15, -0.1) is 0 Å². The highest BCUT2D eigenvalue weighted by Crippen LogP contribution is 2.14. The molecule has 0 aliphatic carbocycles. The summed E-state index contributed by atoms with van der Waals surface area (Å²) in [6.45, 7) is 7.34. The van der Waals surface area contributed by atoms with E-state index in [1.54, 1.807) is 0 Å². The SMILES string of the molecule is CCOC(=O)c1ccccc1CN1CCN(C)CC1. The van der Waals surface area contributed by atoms with E-state index < -0.39 is 0 Å². The molecule has 104 valence electrons. The summed E-state index contributed by atoms with van der Waals surface area (Å²) in [5, 5.41) is 0. The fourth-order valence-corrected chi connectivity index (χ4v) is 2.31. The molecule has 1 aliphatic rings. The first-order valence-electron chi connectivity index (χ1n) is 6.86. The predicted molar refractivity (Wildman–Crippen MR) is 75.2 cm³/mol. The Kier molecular flexibility index (Phi) is 4.93. The Morgan fingerprint density at radius 1 is 1.21 bits per heavy atom. The Morgan fingerprint density at radius 2 is 1.89 bits per heavy atom. The highest BCUT2D eigenvalue weighted by atomic mass is 16.5. The third-order valence-electron chi connectivity index (χ3n) is 3.50. The van der Waals surface area contributed by atoms with Crippen LogP contribution in [0.15, 0.2) is 24.3 Å². The second-order valence-corrected chi connectivity index (χ2v) is 4.96. The number of esters is 1. The molecule has 1 aliphatic heterocycles. The quantitative estimate of drug-likeness (QED) is 0.772. The van der Waals surface area contributed by atoms with Gasteiger partial charge in [-0.3, -0.25) is 4.90 Å². The minimum Gasteiger partial charge on any atom is -0.462 e. The number of ether oxygens (including phenoxy) is 1. The van der Waals surface area contributed by atoms with Gasteiger partial charge in [-0.25, -0.2) is 4.79 Å². The molecular weight excluding hydrogens is 240 g/mol. The molecule has 4 heteroatoms. The van der Waals surface area contributed by atoms with E-state index in [-0.39, 0.29) is 5.97 Å². The smallest absolute Gasteiger partial charge is 0.338 e. The van der Waals surface area contributed by atoms with Crippen molar-refractivity contribution in [3.63, 3.8) is 0 Å². The van der Waals surface area contributed by atoms with Crippen LogP contribution < -0.4 is 0 Å². The number of piperazine rings is 1. The van der Waals surface area contributed by atoms with Crippen LogP contribution in [-0.4, -0.2) is 55.6 Å². The second kappa shape index (κ2) is 6.68. The number of nitrogens with zero attached hydrogens (tertiary/aromatic N) is 2. The zero-order valence-corrected chi connectivity index (χ0v) is 11.8. The Morgan fingerprint density at radius 3 is 2.58 bits per heavy atom. The maximum absolute atomic E-state index is 11.9. The van der Waals surface area contributed by atoms with Crippen LogP contribution in [0.4, 0.5) is 0 Å². The summed E-state index contributed by atoms with van der Waals surface area (Å²) in [4.78, 5) is 16.6. The summed E-state index contributed by atoms with van der Waals surface area (Å²) < 4.78 is 5.11. The van der Waals surface area contributed by atoms with Gasteiger partial charge in [0.1, 0.15) is 0 Å². The molecule has 1 saturated heterocycles. The molecule has 1 heterocycles. The number of carbonyl (C=O) groups is 1. The van der Waals surface area contributed by atoms with Crippen molar-refractivity contribution in [3.8, 4) is 0 Å². The third kappa shape index (κ3) is 3.78. The highest BCUT2D eigenvalue weighted by molar-refractivity contribution is 5.91. The maximum atomic E-state index is 11.9. The summed E-state index contributed by atoms with van der Waals surface area (Å²) in [7, 11) is 2.14. The summed E-state index contributed by atoms with van der Waals surface area (Å²) in [6, 6.07) is 7.74. The van der Waals surface area contributed by atoms with Gasteiger partial charge in [0.05, 0.1) is 12.2 Å². The normalized spacial score (nSPS) is 17.4. The first-order chi connectivity index (χ1) is 9.20. The molecule has 0 N–H and O–H groups in total. The van der Waals surface area contributed by atoms with Crippen LogP contribution in [0.5, 0.6) is 0 Å². The average Bonchev–Trinajstić information content (AvgIpc) is 2.42. The first-order valence-corrected chi connectivity index (χ1v) is 6.86. The van der Waals surface area contributed by atoms with Gasteiger partial charge < -0.3 is 9.64 Å². The minimum atomic E-state index is -0.216. The molecule has 0 aromatic heterocycles. The largest absolute Gasteiger partial charge is 0.462 e. The first kappa shape index (κ1) is 14.0. The van der Waals surface area contributed by atoms with Crippen LogP contribution in [0.3, 0.4) is 0 Å². The van der Waals surface area contributed by atoms with Crippen LogP contribution in [0.25, 0.3) is 0 Å². The molecule has 0 radical (unpaired) electrons. The molecule has 0 amide bonds. The van der Waals surface area contributed by atoms with Crippen LogP contribution in [0.1, 0.15) is 22.8 Å². The molecule has 1 fully saturated rings. The summed E-state index contributed by atoms with van der Waals surface area (Å²) >= 11 is 0. The van der Waals surface area contributed by atoms with Crippen molar-refractivity contribution < 1.29 is 9.53 Å². The van der Waals surface area contributed by atoms with E-state index >= 15 is 0 Å². The van der Waals surface area contributed by atoms with E-state index in [4.69, 9.17) is 4.74 Å². The van der Waals surface area contributed by atoms with Crippen molar-refractivity contribution in [1.29, 1.82) is 0 Å². The highest BCUT2D eigenvalue weighted by Gasteiger charge is 2.17. The Balaban J connectivity index is 2.05. The van der Waals surface area contributed by atoms with E-state index in [2.05, 4.69) is 16.8 Å². The standard InChI is InChI=1S/C15H22N2O2/c1-3-19-15(18)14-7-5-4-6-13(14)12-17-10-8-16(2)9-11-17/h4-7H,3,8-12H2,1-2H3. The lowest BCUT2D eigenvalue weighted by Crippen LogP contribution is -2.44. The molecule has 1 aromatic rings. The molecule has 0 bridgehead atoms. The van der Waals surface area contributed by atoms with Crippen molar-refractivity contribution >= 4 is 5.97 Å². The number of benzene rings is 1. The van der Waals surface area contributed by atoms with Gasteiger partial charge in [0.15, 0.2) is 0 Å². The number of hydrogen-bond donors (Lipinski definition) is 0. The Hall–Kier alpha value is -1.39. The predicted octanol–water partition coefficient (Wildman–Crippen LogP) is 1.61. The van der Waals surface area contributed by atoms with Gasteiger partial charge in [0.2, 0.25) is 0 Å². The molecule has 0 atom stereocenters. The number of hydrogen-bond acceptors (Lipinski definition) is 4. The Labute approximate surface area is 115 Å². The second-order valence-electron chi connectivity index (χ2n) is 4.96. The van der Waals surface area contributed by atoms with Crippen molar-refractivity contribution in [2.75, 3.05) is 39.8 Å². The molecule has 1 aromatic carbocycles. The van der Waals surface area contributed by atoms with E-state index in [0.717, 1.165) is 38.3 Å². The fraction of sp³-hybridized carbons (Fsp3) is 0.533. The summed E-state index contributed by atoms with van der Waals surface area (Å²) in [5.41, 5.74) is 1.76. The monoisotopic (exact) mass is 262 g/mol. The lowest BCUT2D eigenvalue weighted by Gasteiger charge is -2.32. The van der Waals surface area contributed by atoms with Gasteiger partial charge in [-0.2, -0.15) is 0 Å². The van der Waals surface area contributed by atoms with Gasteiger partial charge in [0, 0.05) is 32.7 Å². The number of carbonyl (C=O) groups excluding carboxylic acids is 1. The molecule has 4 nitrogen and oxygen atoms in total. The molecule has 0 saturated carbocycles. The van der Waals surface area contributed by atoms with Gasteiger partial charge in [-0.1, -0.05) is 18.2 Å². The van der Waals surface area contributed by atoms with E-state index in [1.165, 1.54) is 0 Å². The lowest BCUT2D eigenvalue weighted by molar-refractivity contribution is 0.0523. The van der Waals surface area contributed by atoms with Gasteiger partial charge >= 0.3 is 5.97 Å². The van der Waals surface area contributed by atoms with Crippen LogP contribution in [0.2, 0.25) is 0 Å². The zero-order valence-electron chi connectivity index (χ0n) is 11.8. The van der Waals surface area contributed by atoms with E-state index in [1.807, 2.05) is 31.2 Å². The van der Waals surface area contributed by atoms with Crippen molar-refractivity contribution in [1.82, 2.24) is 9.80 Å². The molecular formula is C15H22N2O2. The summed E-state index contributed by atoms with van der Waals surface area (Å²) in [5.74, 6) is -0.216. The molecule has 0 spiro atoms. The Bertz CT molecular complexity index is 426. The van der Waals surface area contributed by atoms with Gasteiger partial charge in [0.25, 0.3) is 0 Å². The average molecular weight is 262 g/mol. The minimum absolute atomic E-state index is 0.216. The number of likely N-dealkylation sites (N-methyl/N-ethyl adjacent to an activating group) is 1. The van der Waals surface area contributed by atoms with Crippen LogP contribution in [0, 0.1) is 0 Å². The zero-order chi connectivity index (χ0) is 13.7. The van der Waals surface area contributed by atoms with Crippen molar-refractivity contribution in [2.45, 2.75) is 13.5 Å². The van der Waals surface area contributed by atoms with E-state index in [9.17, 15) is 4.79 Å². The van der Waals surface area contributed by atoms with Crippen molar-refractivity contribution in [3.05, 3.63) is 35.4 Å². The topological polar surface area (TPSA) is 32.8 Å². The van der Waals surface area contributed by atoms with Crippen LogP contribution >= 0.6 is 0 Å². The molecule has 19 heavy (non-hydrogen) atoms. The summed E-state index contributed by atoms with van der Waals surface area (Å²) in [6.07, 6.45) is 0. The maximum Gasteiger partial charge on any atom is 0.338 e. The van der Waals surface area contributed by atoms with Gasteiger partial charge in [-0.05, 0) is 25.6 Å². The fourth-order valence-electron chi connectivity index (χ4n) is 2.31. The number of rotatable bonds is 4. The van der Waals surface area contributed by atoms with Crippen molar-refractivity contribution in [2.24, 2.45) is 0 Å².